The van der Waals surface area contributed by atoms with Crippen LogP contribution in [0, 0.1) is 0 Å². The molecule has 0 radical (unpaired) electrons. The Morgan fingerprint density at radius 1 is 1.71 bits per heavy atom. The second-order valence-electron chi connectivity index (χ2n) is 2.59. The van der Waals surface area contributed by atoms with E-state index in [1.165, 1.54) is 11.8 Å². The van der Waals surface area contributed by atoms with E-state index in [2.05, 4.69) is 20.9 Å². The summed E-state index contributed by atoms with van der Waals surface area (Å²) in [5.41, 5.74) is 1.02. The average molecular weight is 272 g/mol. The van der Waals surface area contributed by atoms with Crippen molar-refractivity contribution in [1.82, 2.24) is 4.98 Å². The van der Waals surface area contributed by atoms with E-state index in [4.69, 9.17) is 0 Å². The Balaban J connectivity index is 2.52. The summed E-state index contributed by atoms with van der Waals surface area (Å²) in [5, 5.41) is 0.139. The molecule has 1 aromatic heterocycles. The number of pyridine rings is 1. The fourth-order valence-electron chi connectivity index (χ4n) is 0.863. The van der Waals surface area contributed by atoms with Gasteiger partial charge in [-0.2, -0.15) is 0 Å². The summed E-state index contributed by atoms with van der Waals surface area (Å²) in [4.78, 5) is 14.7. The van der Waals surface area contributed by atoms with E-state index in [0.29, 0.717) is 5.75 Å². The Kier molecular flexibility index (Phi) is 4.90. The predicted octanol–water partition coefficient (Wildman–Crippen LogP) is 3.14. The summed E-state index contributed by atoms with van der Waals surface area (Å²) in [6, 6.07) is 3.84. The first-order chi connectivity index (χ1) is 6.70. The van der Waals surface area contributed by atoms with Gasteiger partial charge in [-0.3, -0.25) is 4.79 Å². The number of nitrogens with zero attached hydrogens (tertiary/aromatic N) is 1. The third-order valence-corrected chi connectivity index (χ3v) is 2.90. The van der Waals surface area contributed by atoms with E-state index in [-0.39, 0.29) is 5.12 Å². The SMILES string of the molecule is CC(=O)SCC=Cc1cccnc1Br. The molecule has 2 nitrogen and oxygen atoms in total. The first-order valence-electron chi connectivity index (χ1n) is 4.10. The Hall–Kier alpha value is -0.610. The zero-order valence-corrected chi connectivity index (χ0v) is 10.1. The largest absolute Gasteiger partial charge is 0.288 e. The van der Waals surface area contributed by atoms with Crippen LogP contribution in [0.5, 0.6) is 0 Å². The number of hydrogen-bond acceptors (Lipinski definition) is 3. The van der Waals surface area contributed by atoms with E-state index in [9.17, 15) is 4.79 Å². The molecule has 0 spiro atoms. The highest BCUT2D eigenvalue weighted by Crippen LogP contribution is 2.14. The summed E-state index contributed by atoms with van der Waals surface area (Å²) in [7, 11) is 0. The monoisotopic (exact) mass is 271 g/mol. The number of rotatable bonds is 3. The molecule has 0 unspecified atom stereocenters. The molecule has 0 saturated heterocycles. The molecule has 1 aromatic rings. The van der Waals surface area contributed by atoms with Gasteiger partial charge in [-0.1, -0.05) is 30.0 Å². The molecule has 4 heteroatoms. The van der Waals surface area contributed by atoms with Gasteiger partial charge in [0.05, 0.1) is 0 Å². The molecule has 14 heavy (non-hydrogen) atoms. The van der Waals surface area contributed by atoms with Crippen LogP contribution in [0.15, 0.2) is 29.0 Å². The first kappa shape index (κ1) is 11.5. The Bertz CT molecular complexity index is 352. The van der Waals surface area contributed by atoms with Gasteiger partial charge in [0, 0.05) is 24.4 Å². The molecule has 0 aliphatic carbocycles. The maximum absolute atomic E-state index is 10.6. The van der Waals surface area contributed by atoms with Crippen LogP contribution in [-0.2, 0) is 4.79 Å². The minimum atomic E-state index is 0.139. The van der Waals surface area contributed by atoms with Crippen molar-refractivity contribution < 1.29 is 4.79 Å². The number of halogens is 1. The first-order valence-corrected chi connectivity index (χ1v) is 5.88. The summed E-state index contributed by atoms with van der Waals surface area (Å²) in [6.45, 7) is 1.57. The van der Waals surface area contributed by atoms with Crippen molar-refractivity contribution in [3.63, 3.8) is 0 Å². The Morgan fingerprint density at radius 3 is 3.14 bits per heavy atom. The summed E-state index contributed by atoms with van der Waals surface area (Å²) in [5.74, 6) is 0.705. The normalized spacial score (nSPS) is 10.7. The standard InChI is InChI=1S/C10H10BrNOS/c1-8(13)14-7-3-5-9-4-2-6-12-10(9)11/h2-6H,7H2,1H3. The molecule has 0 aromatic carbocycles. The van der Waals surface area contributed by atoms with E-state index in [1.54, 1.807) is 13.1 Å². The number of carbonyl (C=O) groups excluding carboxylic acids is 1. The second kappa shape index (κ2) is 5.98. The van der Waals surface area contributed by atoms with E-state index >= 15 is 0 Å². The fourth-order valence-corrected chi connectivity index (χ4v) is 1.67. The maximum atomic E-state index is 10.6. The molecule has 0 amide bonds. The fraction of sp³-hybridized carbons (Fsp3) is 0.200. The molecule has 0 saturated carbocycles. The lowest BCUT2D eigenvalue weighted by Crippen LogP contribution is -1.82. The van der Waals surface area contributed by atoms with Crippen molar-refractivity contribution in [2.24, 2.45) is 0 Å². The lowest BCUT2D eigenvalue weighted by Gasteiger charge is -1.95. The molecule has 0 bridgehead atoms. The summed E-state index contributed by atoms with van der Waals surface area (Å²) >= 11 is 4.64. The molecule has 0 aliphatic rings. The van der Waals surface area contributed by atoms with Gasteiger partial charge in [0.1, 0.15) is 4.60 Å². The van der Waals surface area contributed by atoms with Crippen molar-refractivity contribution in [3.8, 4) is 0 Å². The highest BCUT2D eigenvalue weighted by atomic mass is 79.9. The van der Waals surface area contributed by atoms with Gasteiger partial charge in [-0.05, 0) is 22.0 Å². The molecular formula is C10H10BrNOS. The van der Waals surface area contributed by atoms with Gasteiger partial charge in [0.15, 0.2) is 5.12 Å². The number of thioether (sulfide) groups is 1. The topological polar surface area (TPSA) is 30.0 Å². The van der Waals surface area contributed by atoms with Crippen LogP contribution >= 0.6 is 27.7 Å². The van der Waals surface area contributed by atoms with Crippen molar-refractivity contribution in [1.29, 1.82) is 0 Å². The maximum Gasteiger partial charge on any atom is 0.186 e. The number of hydrogen-bond donors (Lipinski definition) is 0. The summed E-state index contributed by atoms with van der Waals surface area (Å²) < 4.78 is 0.823. The number of carbonyl (C=O) groups is 1. The number of aromatic nitrogens is 1. The molecule has 0 atom stereocenters. The highest BCUT2D eigenvalue weighted by molar-refractivity contribution is 9.10. The quantitative estimate of drug-likeness (QED) is 0.792. The van der Waals surface area contributed by atoms with Gasteiger partial charge in [-0.15, -0.1) is 0 Å². The van der Waals surface area contributed by atoms with Crippen molar-refractivity contribution in [2.45, 2.75) is 6.92 Å². The minimum absolute atomic E-state index is 0.139. The Labute approximate surface area is 95.9 Å². The predicted molar refractivity (Wildman–Crippen MR) is 64.1 cm³/mol. The van der Waals surface area contributed by atoms with Crippen molar-refractivity contribution in [3.05, 3.63) is 34.6 Å². The molecule has 1 rings (SSSR count). The third-order valence-electron chi connectivity index (χ3n) is 1.47. The van der Waals surface area contributed by atoms with Gasteiger partial charge in [0.2, 0.25) is 0 Å². The second-order valence-corrected chi connectivity index (χ2v) is 4.54. The highest BCUT2D eigenvalue weighted by Gasteiger charge is 1.94. The molecule has 0 N–H and O–H groups in total. The van der Waals surface area contributed by atoms with Crippen molar-refractivity contribution >= 4 is 38.9 Å². The van der Waals surface area contributed by atoms with Crippen LogP contribution in [0.3, 0.4) is 0 Å². The minimum Gasteiger partial charge on any atom is -0.288 e. The van der Waals surface area contributed by atoms with Crippen LogP contribution < -0.4 is 0 Å². The van der Waals surface area contributed by atoms with Crippen LogP contribution in [0.1, 0.15) is 12.5 Å². The molecular weight excluding hydrogens is 262 g/mol. The van der Waals surface area contributed by atoms with E-state index in [1.807, 2.05) is 24.3 Å². The van der Waals surface area contributed by atoms with Crippen LogP contribution in [0.2, 0.25) is 0 Å². The summed E-state index contributed by atoms with van der Waals surface area (Å²) in [6.07, 6.45) is 5.63. The van der Waals surface area contributed by atoms with Crippen molar-refractivity contribution in [2.75, 3.05) is 5.75 Å². The molecule has 0 aliphatic heterocycles. The van der Waals surface area contributed by atoms with Gasteiger partial charge < -0.3 is 0 Å². The smallest absolute Gasteiger partial charge is 0.186 e. The van der Waals surface area contributed by atoms with Crippen LogP contribution in [-0.4, -0.2) is 15.9 Å². The lowest BCUT2D eigenvalue weighted by molar-refractivity contribution is -0.109. The molecule has 0 fully saturated rings. The molecule has 1 heterocycles. The average Bonchev–Trinajstić information content (AvgIpc) is 2.15. The van der Waals surface area contributed by atoms with E-state index in [0.717, 1.165) is 10.2 Å². The zero-order chi connectivity index (χ0) is 10.4. The zero-order valence-electron chi connectivity index (χ0n) is 7.74. The lowest BCUT2D eigenvalue weighted by atomic mass is 10.3. The molecule has 74 valence electrons. The Morgan fingerprint density at radius 2 is 2.50 bits per heavy atom. The van der Waals surface area contributed by atoms with Gasteiger partial charge in [0.25, 0.3) is 0 Å². The van der Waals surface area contributed by atoms with E-state index < -0.39 is 0 Å². The van der Waals surface area contributed by atoms with Crippen LogP contribution in [0.25, 0.3) is 6.08 Å². The van der Waals surface area contributed by atoms with Crippen LogP contribution in [0.4, 0.5) is 0 Å². The van der Waals surface area contributed by atoms with Gasteiger partial charge >= 0.3 is 0 Å². The van der Waals surface area contributed by atoms with Gasteiger partial charge in [-0.25, -0.2) is 4.98 Å². The third kappa shape index (κ3) is 4.07.